The summed E-state index contributed by atoms with van der Waals surface area (Å²) in [6.07, 6.45) is 4.68. The first-order chi connectivity index (χ1) is 9.91. The van der Waals surface area contributed by atoms with Gasteiger partial charge in [0.1, 0.15) is 0 Å². The summed E-state index contributed by atoms with van der Waals surface area (Å²) in [5, 5.41) is 0. The van der Waals surface area contributed by atoms with Crippen molar-refractivity contribution in [3.63, 3.8) is 0 Å². The first kappa shape index (κ1) is 19.6. The molecule has 0 bridgehead atoms. The zero-order valence-electron chi connectivity index (χ0n) is 12.2. The van der Waals surface area contributed by atoms with E-state index >= 15 is 0 Å². The Morgan fingerprint density at radius 3 is 1.62 bits per heavy atom. The largest absolute Gasteiger partial charge is 0.463 e. The second-order valence-electron chi connectivity index (χ2n) is 4.45. The predicted octanol–water partition coefficient (Wildman–Crippen LogP) is 2.28. The van der Waals surface area contributed by atoms with Crippen LogP contribution in [0.4, 0.5) is 0 Å². The topological polar surface area (TPSA) is 89.9 Å². The summed E-state index contributed by atoms with van der Waals surface area (Å²) < 4.78 is 21.4. The molecule has 0 atom stereocenters. The molecule has 0 aliphatic rings. The van der Waals surface area contributed by atoms with Crippen LogP contribution in [0.5, 0.6) is 0 Å². The normalized spacial score (nSPS) is 10.7. The molecule has 0 spiro atoms. The van der Waals surface area contributed by atoms with Gasteiger partial charge in [0.2, 0.25) is 7.37 Å². The number of hydrogen-bond acceptors (Lipinski definition) is 5. The van der Waals surface area contributed by atoms with Crippen molar-refractivity contribution in [2.45, 2.75) is 25.7 Å². The molecule has 0 saturated heterocycles. The van der Waals surface area contributed by atoms with Gasteiger partial charge >= 0.3 is 11.9 Å². The molecule has 0 unspecified atom stereocenters. The lowest BCUT2D eigenvalue weighted by Gasteiger charge is -2.11. The lowest BCUT2D eigenvalue weighted by molar-refractivity contribution is -0.138. The van der Waals surface area contributed by atoms with Crippen molar-refractivity contribution in [3.05, 3.63) is 25.3 Å². The van der Waals surface area contributed by atoms with Crippen LogP contribution in [0.15, 0.2) is 25.3 Å². The van der Waals surface area contributed by atoms with E-state index in [1.807, 2.05) is 0 Å². The van der Waals surface area contributed by atoms with Crippen molar-refractivity contribution in [1.82, 2.24) is 0 Å². The van der Waals surface area contributed by atoms with E-state index in [4.69, 9.17) is 9.47 Å². The number of rotatable bonds is 12. The molecule has 0 rings (SSSR count). The lowest BCUT2D eigenvalue weighted by atomic mass is 10.3. The van der Waals surface area contributed by atoms with Gasteiger partial charge in [-0.3, -0.25) is 4.57 Å². The molecule has 7 heteroatoms. The van der Waals surface area contributed by atoms with Gasteiger partial charge in [-0.25, -0.2) is 9.59 Å². The summed E-state index contributed by atoms with van der Waals surface area (Å²) in [6, 6.07) is 0. The monoisotopic (exact) mass is 318 g/mol. The highest BCUT2D eigenvalue weighted by atomic mass is 31.2. The Labute approximate surface area is 125 Å². The van der Waals surface area contributed by atoms with Crippen molar-refractivity contribution < 1.29 is 28.5 Å². The smallest absolute Gasteiger partial charge is 0.330 e. The van der Waals surface area contributed by atoms with Gasteiger partial charge in [0, 0.05) is 24.5 Å². The van der Waals surface area contributed by atoms with Crippen LogP contribution in [-0.4, -0.2) is 42.4 Å². The minimum atomic E-state index is -3.16. The lowest BCUT2D eigenvalue weighted by Crippen LogP contribution is -2.04. The number of carbonyl (C=O) groups excluding carboxylic acids is 2. The van der Waals surface area contributed by atoms with E-state index in [1.54, 1.807) is 0 Å². The van der Waals surface area contributed by atoms with E-state index < -0.39 is 19.3 Å². The molecular weight excluding hydrogens is 295 g/mol. The fourth-order valence-corrected chi connectivity index (χ4v) is 3.16. The van der Waals surface area contributed by atoms with Crippen LogP contribution in [0.2, 0.25) is 0 Å². The zero-order valence-corrected chi connectivity index (χ0v) is 13.1. The van der Waals surface area contributed by atoms with E-state index in [2.05, 4.69) is 13.2 Å². The molecule has 0 aromatic carbocycles. The zero-order chi connectivity index (χ0) is 16.1. The van der Waals surface area contributed by atoms with Gasteiger partial charge in [0.25, 0.3) is 0 Å². The molecule has 120 valence electrons. The Balaban J connectivity index is 3.62. The Morgan fingerprint density at radius 2 is 1.29 bits per heavy atom. The molecule has 0 aliphatic heterocycles. The average Bonchev–Trinajstić information content (AvgIpc) is 2.45. The van der Waals surface area contributed by atoms with E-state index in [0.717, 1.165) is 12.2 Å². The van der Waals surface area contributed by atoms with Gasteiger partial charge < -0.3 is 14.4 Å². The molecule has 0 fully saturated rings. The van der Waals surface area contributed by atoms with Gasteiger partial charge in [0.05, 0.1) is 13.2 Å². The number of carbonyl (C=O) groups is 2. The van der Waals surface area contributed by atoms with Gasteiger partial charge in [-0.2, -0.15) is 0 Å². The van der Waals surface area contributed by atoms with Crippen LogP contribution in [0.1, 0.15) is 25.7 Å². The number of hydrogen-bond donors (Lipinski definition) is 1. The molecule has 0 aromatic heterocycles. The van der Waals surface area contributed by atoms with Crippen LogP contribution in [0.25, 0.3) is 0 Å². The van der Waals surface area contributed by atoms with Gasteiger partial charge in [-0.05, 0) is 25.7 Å². The highest BCUT2D eigenvalue weighted by Crippen LogP contribution is 2.42. The molecule has 6 nitrogen and oxygen atoms in total. The van der Waals surface area contributed by atoms with Gasteiger partial charge in [0.15, 0.2) is 0 Å². The Bertz CT molecular complexity index is 370. The summed E-state index contributed by atoms with van der Waals surface area (Å²) in [6.45, 7) is 6.99. The Kier molecular flexibility index (Phi) is 10.5. The summed E-state index contributed by atoms with van der Waals surface area (Å²) in [5.74, 6) is -0.979. The third-order valence-electron chi connectivity index (χ3n) is 2.63. The molecule has 0 saturated carbocycles. The third kappa shape index (κ3) is 12.1. The molecule has 0 radical (unpaired) electrons. The standard InChI is InChI=1S/C14H23O6P/c1-3-13(15)19-9-5-7-11-21(17,18)12-8-6-10-20-14(16)4-2/h3-4H,1-2,5-12H2,(H,17,18). The van der Waals surface area contributed by atoms with Gasteiger partial charge in [-0.1, -0.05) is 13.2 Å². The summed E-state index contributed by atoms with van der Waals surface area (Å²) in [4.78, 5) is 31.2. The summed E-state index contributed by atoms with van der Waals surface area (Å²) >= 11 is 0. The SMILES string of the molecule is C=CC(=O)OCCCCP(=O)(O)CCCCOC(=O)C=C. The highest BCUT2D eigenvalue weighted by Gasteiger charge is 2.16. The first-order valence-corrected chi connectivity index (χ1v) is 8.83. The molecule has 0 amide bonds. The van der Waals surface area contributed by atoms with Crippen LogP contribution in [-0.2, 0) is 23.6 Å². The van der Waals surface area contributed by atoms with Crippen LogP contribution in [0.3, 0.4) is 0 Å². The first-order valence-electron chi connectivity index (χ1n) is 6.80. The average molecular weight is 318 g/mol. The van der Waals surface area contributed by atoms with Crippen LogP contribution in [0, 0.1) is 0 Å². The minimum absolute atomic E-state index is 0.199. The van der Waals surface area contributed by atoms with Crippen molar-refractivity contribution in [2.24, 2.45) is 0 Å². The highest BCUT2D eigenvalue weighted by molar-refractivity contribution is 7.57. The van der Waals surface area contributed by atoms with E-state index in [0.29, 0.717) is 25.7 Å². The summed E-state index contributed by atoms with van der Waals surface area (Å²) in [7, 11) is -3.16. The second kappa shape index (κ2) is 11.3. The van der Waals surface area contributed by atoms with E-state index in [9.17, 15) is 19.0 Å². The van der Waals surface area contributed by atoms with Gasteiger partial charge in [-0.15, -0.1) is 0 Å². The van der Waals surface area contributed by atoms with Crippen molar-refractivity contribution in [3.8, 4) is 0 Å². The molecule has 21 heavy (non-hydrogen) atoms. The van der Waals surface area contributed by atoms with Crippen molar-refractivity contribution in [1.29, 1.82) is 0 Å². The molecule has 1 N–H and O–H groups in total. The Hall–Kier alpha value is -1.39. The van der Waals surface area contributed by atoms with Crippen LogP contribution < -0.4 is 0 Å². The molecule has 0 heterocycles. The number of esters is 2. The van der Waals surface area contributed by atoms with Crippen molar-refractivity contribution in [2.75, 3.05) is 25.5 Å². The maximum atomic E-state index is 11.8. The van der Waals surface area contributed by atoms with Crippen molar-refractivity contribution >= 4 is 19.3 Å². The summed E-state index contributed by atoms with van der Waals surface area (Å²) in [5.41, 5.74) is 0. The maximum Gasteiger partial charge on any atom is 0.330 e. The number of unbranched alkanes of at least 4 members (excludes halogenated alkanes) is 2. The molecular formula is C14H23O6P. The molecule has 0 aliphatic carbocycles. The molecule has 0 aromatic rings. The second-order valence-corrected chi connectivity index (χ2v) is 7.04. The van der Waals surface area contributed by atoms with E-state index in [-0.39, 0.29) is 25.5 Å². The maximum absolute atomic E-state index is 11.8. The van der Waals surface area contributed by atoms with E-state index in [1.165, 1.54) is 0 Å². The third-order valence-corrected chi connectivity index (χ3v) is 4.66. The quantitative estimate of drug-likeness (QED) is 0.257. The Morgan fingerprint density at radius 1 is 0.905 bits per heavy atom. The fraction of sp³-hybridized carbons (Fsp3) is 0.571. The predicted molar refractivity (Wildman–Crippen MR) is 80.3 cm³/mol. The van der Waals surface area contributed by atoms with Crippen LogP contribution >= 0.6 is 7.37 Å². The number of ether oxygens (including phenoxy) is 2. The minimum Gasteiger partial charge on any atom is -0.463 e. The fourth-order valence-electron chi connectivity index (χ4n) is 1.50.